The maximum atomic E-state index is 5.97. The molecule has 2 N–H and O–H groups in total. The molecule has 1 aromatic heterocycles. The Bertz CT molecular complexity index is 372. The number of hydrogen-bond acceptors (Lipinski definition) is 3. The summed E-state index contributed by atoms with van der Waals surface area (Å²) in [6, 6.07) is 0.472. The number of rotatable bonds is 4. The van der Waals surface area contributed by atoms with E-state index in [9.17, 15) is 0 Å². The lowest BCUT2D eigenvalue weighted by molar-refractivity contribution is 0.286. The van der Waals surface area contributed by atoms with Crippen molar-refractivity contribution >= 4 is 0 Å². The van der Waals surface area contributed by atoms with E-state index in [1.54, 1.807) is 0 Å². The molecule has 1 aliphatic rings. The average Bonchev–Trinajstić information content (AvgIpc) is 2.68. The van der Waals surface area contributed by atoms with Crippen molar-refractivity contribution in [1.82, 2.24) is 14.8 Å². The molecular weight excluding hydrogens is 224 g/mol. The maximum Gasteiger partial charge on any atom is 0.150 e. The van der Waals surface area contributed by atoms with Gasteiger partial charge in [-0.15, -0.1) is 0 Å². The molecule has 102 valence electrons. The van der Waals surface area contributed by atoms with E-state index in [0.717, 1.165) is 31.0 Å². The molecule has 4 nitrogen and oxygen atoms in total. The van der Waals surface area contributed by atoms with Crippen molar-refractivity contribution in [2.45, 2.75) is 64.8 Å². The number of hydrogen-bond donors (Lipinski definition) is 1. The van der Waals surface area contributed by atoms with Crippen LogP contribution in [0.2, 0.25) is 0 Å². The van der Waals surface area contributed by atoms with Crippen LogP contribution < -0.4 is 5.73 Å². The first-order valence-electron chi connectivity index (χ1n) is 7.44. The number of nitrogens with zero attached hydrogens (tertiary/aromatic N) is 3. The second kappa shape index (κ2) is 6.32. The lowest BCUT2D eigenvalue weighted by atomic mass is 9.95. The van der Waals surface area contributed by atoms with Gasteiger partial charge in [-0.3, -0.25) is 0 Å². The van der Waals surface area contributed by atoms with Crippen molar-refractivity contribution in [3.8, 4) is 0 Å². The largest absolute Gasteiger partial charge is 0.330 e. The van der Waals surface area contributed by atoms with Crippen molar-refractivity contribution in [3.63, 3.8) is 0 Å². The fourth-order valence-electron chi connectivity index (χ4n) is 3.02. The Morgan fingerprint density at radius 2 is 1.94 bits per heavy atom. The Balaban J connectivity index is 2.28. The van der Waals surface area contributed by atoms with E-state index in [1.807, 2.05) is 0 Å². The van der Waals surface area contributed by atoms with Gasteiger partial charge in [-0.05, 0) is 25.3 Å². The van der Waals surface area contributed by atoms with Crippen LogP contribution in [0.25, 0.3) is 0 Å². The zero-order chi connectivity index (χ0) is 13.0. The van der Waals surface area contributed by atoms with E-state index in [4.69, 9.17) is 10.8 Å². The summed E-state index contributed by atoms with van der Waals surface area (Å²) in [5.74, 6) is 2.69. The van der Waals surface area contributed by atoms with Crippen LogP contribution in [-0.4, -0.2) is 21.3 Å². The number of aromatic nitrogens is 3. The van der Waals surface area contributed by atoms with E-state index in [0.29, 0.717) is 12.0 Å². The summed E-state index contributed by atoms with van der Waals surface area (Å²) < 4.78 is 2.20. The van der Waals surface area contributed by atoms with Crippen LogP contribution in [0.1, 0.15) is 63.6 Å². The predicted molar refractivity (Wildman–Crippen MR) is 73.4 cm³/mol. The summed E-state index contributed by atoms with van der Waals surface area (Å²) in [5, 5.41) is 4.71. The monoisotopic (exact) mass is 250 g/mol. The third-order valence-corrected chi connectivity index (χ3v) is 4.11. The van der Waals surface area contributed by atoms with Gasteiger partial charge in [-0.2, -0.15) is 5.10 Å². The van der Waals surface area contributed by atoms with E-state index < -0.39 is 0 Å². The fourth-order valence-corrected chi connectivity index (χ4v) is 3.02. The van der Waals surface area contributed by atoms with Crippen LogP contribution in [0.5, 0.6) is 0 Å². The molecule has 0 aliphatic heterocycles. The van der Waals surface area contributed by atoms with E-state index in [-0.39, 0.29) is 0 Å². The number of aryl methyl sites for hydroxylation is 2. The molecule has 0 amide bonds. The summed E-state index contributed by atoms with van der Waals surface area (Å²) in [7, 11) is 0. The first-order chi connectivity index (χ1) is 8.80. The van der Waals surface area contributed by atoms with Gasteiger partial charge < -0.3 is 5.73 Å². The molecule has 0 aromatic carbocycles. The topological polar surface area (TPSA) is 56.7 Å². The summed E-state index contributed by atoms with van der Waals surface area (Å²) in [5.41, 5.74) is 5.97. The standard InChI is InChI=1S/C14H26N4/c1-3-13-16-14(4-2)18(17-13)12-9-7-5-6-8-11(12)10-15/h11-12H,3-10,15H2,1-2H3. The molecular formula is C14H26N4. The van der Waals surface area contributed by atoms with Crippen LogP contribution in [0.4, 0.5) is 0 Å². The van der Waals surface area contributed by atoms with E-state index in [2.05, 4.69) is 23.5 Å². The van der Waals surface area contributed by atoms with Gasteiger partial charge in [0.05, 0.1) is 6.04 Å². The predicted octanol–water partition coefficient (Wildman–Crippen LogP) is 2.48. The highest BCUT2D eigenvalue weighted by molar-refractivity contribution is 4.96. The lowest BCUT2D eigenvalue weighted by Gasteiger charge is -2.25. The second-order valence-electron chi connectivity index (χ2n) is 5.30. The normalized spacial score (nSPS) is 25.1. The maximum absolute atomic E-state index is 5.97. The smallest absolute Gasteiger partial charge is 0.150 e. The Morgan fingerprint density at radius 1 is 1.17 bits per heavy atom. The Labute approximate surface area is 110 Å². The minimum absolute atomic E-state index is 0.472. The van der Waals surface area contributed by atoms with Gasteiger partial charge in [0.2, 0.25) is 0 Å². The van der Waals surface area contributed by atoms with Crippen LogP contribution in [-0.2, 0) is 12.8 Å². The highest BCUT2D eigenvalue weighted by Gasteiger charge is 2.26. The molecule has 0 saturated heterocycles. The van der Waals surface area contributed by atoms with Crippen molar-refractivity contribution in [2.24, 2.45) is 11.7 Å². The van der Waals surface area contributed by atoms with Crippen molar-refractivity contribution < 1.29 is 0 Å². The molecule has 1 aliphatic carbocycles. The third kappa shape index (κ3) is 2.74. The second-order valence-corrected chi connectivity index (χ2v) is 5.30. The third-order valence-electron chi connectivity index (χ3n) is 4.11. The molecule has 0 bridgehead atoms. The van der Waals surface area contributed by atoms with E-state index in [1.165, 1.54) is 32.1 Å². The first-order valence-corrected chi connectivity index (χ1v) is 7.44. The van der Waals surface area contributed by atoms with Gasteiger partial charge in [0, 0.05) is 12.8 Å². The quantitative estimate of drug-likeness (QED) is 0.835. The summed E-state index contributed by atoms with van der Waals surface area (Å²) >= 11 is 0. The molecule has 18 heavy (non-hydrogen) atoms. The molecule has 2 atom stereocenters. The summed E-state index contributed by atoms with van der Waals surface area (Å²) in [6.45, 7) is 5.05. The summed E-state index contributed by atoms with van der Waals surface area (Å²) in [6.07, 6.45) is 8.28. The lowest BCUT2D eigenvalue weighted by Crippen LogP contribution is -2.27. The molecule has 1 fully saturated rings. The van der Waals surface area contributed by atoms with Gasteiger partial charge in [0.25, 0.3) is 0 Å². The summed E-state index contributed by atoms with van der Waals surface area (Å²) in [4.78, 5) is 4.63. The Morgan fingerprint density at radius 3 is 2.61 bits per heavy atom. The molecule has 2 unspecified atom stereocenters. The molecule has 1 heterocycles. The molecule has 0 radical (unpaired) electrons. The van der Waals surface area contributed by atoms with Gasteiger partial charge >= 0.3 is 0 Å². The van der Waals surface area contributed by atoms with Gasteiger partial charge in [-0.25, -0.2) is 9.67 Å². The minimum atomic E-state index is 0.472. The molecule has 4 heteroatoms. The van der Waals surface area contributed by atoms with Crippen molar-refractivity contribution in [3.05, 3.63) is 11.6 Å². The molecule has 2 rings (SSSR count). The van der Waals surface area contributed by atoms with Crippen molar-refractivity contribution in [2.75, 3.05) is 6.54 Å². The van der Waals surface area contributed by atoms with E-state index >= 15 is 0 Å². The van der Waals surface area contributed by atoms with Gasteiger partial charge in [-0.1, -0.05) is 33.1 Å². The van der Waals surface area contributed by atoms with Crippen molar-refractivity contribution in [1.29, 1.82) is 0 Å². The molecule has 0 spiro atoms. The van der Waals surface area contributed by atoms with Gasteiger partial charge in [0.15, 0.2) is 5.82 Å². The Hall–Kier alpha value is -0.900. The van der Waals surface area contributed by atoms with Crippen LogP contribution >= 0.6 is 0 Å². The molecule has 1 aromatic rings. The van der Waals surface area contributed by atoms with Crippen LogP contribution in [0.3, 0.4) is 0 Å². The van der Waals surface area contributed by atoms with Crippen LogP contribution in [0, 0.1) is 5.92 Å². The van der Waals surface area contributed by atoms with Gasteiger partial charge in [0.1, 0.15) is 5.82 Å². The van der Waals surface area contributed by atoms with Crippen LogP contribution in [0.15, 0.2) is 0 Å². The zero-order valence-corrected chi connectivity index (χ0v) is 11.7. The highest BCUT2D eigenvalue weighted by Crippen LogP contribution is 2.32. The first kappa shape index (κ1) is 13.5. The fraction of sp³-hybridized carbons (Fsp3) is 0.857. The zero-order valence-electron chi connectivity index (χ0n) is 11.7. The number of nitrogens with two attached hydrogens (primary N) is 1. The Kier molecular flexibility index (Phi) is 4.75. The SMILES string of the molecule is CCc1nc(CC)n(C2CCCCCC2CN)n1. The average molecular weight is 250 g/mol. The molecule has 1 saturated carbocycles. The minimum Gasteiger partial charge on any atom is -0.330 e. The highest BCUT2D eigenvalue weighted by atomic mass is 15.4.